The molecular formula is C12H12BrN3S2. The molecule has 1 heterocycles. The summed E-state index contributed by atoms with van der Waals surface area (Å²) in [5, 5.41) is 4.78. The molecule has 2 rings (SSSR count). The molecule has 0 radical (unpaired) electrons. The number of amidine groups is 1. The van der Waals surface area contributed by atoms with Crippen LogP contribution in [0.2, 0.25) is 0 Å². The summed E-state index contributed by atoms with van der Waals surface area (Å²) in [4.78, 5) is 6.21. The van der Waals surface area contributed by atoms with E-state index in [1.54, 1.807) is 18.0 Å². The Bertz CT molecular complexity index is 502. The Hall–Kier alpha value is -0.850. The maximum absolute atomic E-state index is 5.40. The highest BCUT2D eigenvalue weighted by Crippen LogP contribution is 2.21. The molecule has 1 aromatic carbocycles. The topological polar surface area (TPSA) is 27.6 Å². The zero-order valence-corrected chi connectivity index (χ0v) is 12.8. The van der Waals surface area contributed by atoms with Gasteiger partial charge >= 0.3 is 0 Å². The van der Waals surface area contributed by atoms with Gasteiger partial charge in [0.25, 0.3) is 0 Å². The molecule has 18 heavy (non-hydrogen) atoms. The van der Waals surface area contributed by atoms with Gasteiger partial charge in [-0.25, -0.2) is 4.99 Å². The van der Waals surface area contributed by atoms with Crippen molar-refractivity contribution >= 4 is 55.9 Å². The van der Waals surface area contributed by atoms with Crippen molar-refractivity contribution in [1.82, 2.24) is 4.90 Å². The molecule has 0 spiro atoms. The van der Waals surface area contributed by atoms with Crippen LogP contribution in [-0.4, -0.2) is 27.5 Å². The maximum atomic E-state index is 5.40. The number of hydrogen-bond donors (Lipinski definition) is 1. The van der Waals surface area contributed by atoms with Crippen molar-refractivity contribution in [3.05, 3.63) is 41.5 Å². The van der Waals surface area contributed by atoms with Gasteiger partial charge in [-0.2, -0.15) is 0 Å². The number of benzene rings is 1. The third kappa shape index (κ3) is 3.34. The van der Waals surface area contributed by atoms with Gasteiger partial charge in [0.2, 0.25) is 0 Å². The second kappa shape index (κ2) is 6.36. The lowest BCUT2D eigenvalue weighted by Gasteiger charge is -2.19. The molecule has 0 unspecified atom stereocenters. The van der Waals surface area contributed by atoms with Gasteiger partial charge in [-0.3, -0.25) is 4.90 Å². The largest absolute Gasteiger partial charge is 0.332 e. The zero-order valence-electron chi connectivity index (χ0n) is 9.60. The van der Waals surface area contributed by atoms with Crippen molar-refractivity contribution in [2.24, 2.45) is 4.99 Å². The average Bonchev–Trinajstić information content (AvgIpc) is 2.78. The molecule has 1 aliphatic heterocycles. The van der Waals surface area contributed by atoms with Gasteiger partial charge in [-0.05, 0) is 30.4 Å². The fourth-order valence-electron chi connectivity index (χ4n) is 1.53. The first-order chi connectivity index (χ1) is 8.70. The number of thiocarbonyl (C=S) groups is 1. The van der Waals surface area contributed by atoms with Crippen LogP contribution in [0.4, 0.5) is 5.69 Å². The molecule has 1 fully saturated rings. The third-order valence-corrected chi connectivity index (χ3v) is 4.09. The first-order valence-corrected chi connectivity index (χ1v) is 7.55. The normalized spacial score (nSPS) is 16.9. The van der Waals surface area contributed by atoms with Crippen LogP contribution in [0.5, 0.6) is 0 Å². The highest BCUT2D eigenvalue weighted by Gasteiger charge is 2.22. The molecule has 6 heteroatoms. The minimum absolute atomic E-state index is 0.665. The van der Waals surface area contributed by atoms with Crippen LogP contribution >= 0.6 is 39.9 Å². The zero-order chi connectivity index (χ0) is 13.0. The monoisotopic (exact) mass is 341 g/mol. The van der Waals surface area contributed by atoms with E-state index < -0.39 is 0 Å². The van der Waals surface area contributed by atoms with Crippen molar-refractivity contribution in [2.45, 2.75) is 0 Å². The van der Waals surface area contributed by atoms with Gasteiger partial charge in [0.05, 0.1) is 0 Å². The predicted molar refractivity (Wildman–Crippen MR) is 87.2 cm³/mol. The quantitative estimate of drug-likeness (QED) is 0.830. The third-order valence-electron chi connectivity index (χ3n) is 2.30. The summed E-state index contributed by atoms with van der Waals surface area (Å²) in [6, 6.07) is 7.90. The van der Waals surface area contributed by atoms with Crippen molar-refractivity contribution < 1.29 is 0 Å². The van der Waals surface area contributed by atoms with Crippen LogP contribution in [0.3, 0.4) is 0 Å². The summed E-state index contributed by atoms with van der Waals surface area (Å²) >= 11 is 10.5. The standard InChI is InChI=1S/C12H12BrN3S2/c1-2-14-12-16(6-7-18-12)11(17)15-10-5-3-4-9(13)8-10/h2-5,8H,1,6-7H2,(H,15,17). The Balaban J connectivity index is 2.08. The maximum Gasteiger partial charge on any atom is 0.179 e. The van der Waals surface area contributed by atoms with Crippen molar-refractivity contribution in [3.63, 3.8) is 0 Å². The highest BCUT2D eigenvalue weighted by molar-refractivity contribution is 9.10. The van der Waals surface area contributed by atoms with Gasteiger partial charge in [0.15, 0.2) is 10.3 Å². The molecule has 94 valence electrons. The molecule has 1 saturated heterocycles. The molecule has 0 aromatic heterocycles. The number of thioether (sulfide) groups is 1. The Morgan fingerprint density at radius 2 is 2.44 bits per heavy atom. The van der Waals surface area contributed by atoms with Crippen molar-refractivity contribution in [3.8, 4) is 0 Å². The Labute approximate surface area is 124 Å². The van der Waals surface area contributed by atoms with Crippen LogP contribution in [0, 0.1) is 0 Å². The number of halogens is 1. The van der Waals surface area contributed by atoms with E-state index in [0.717, 1.165) is 27.6 Å². The fourth-order valence-corrected chi connectivity index (χ4v) is 3.23. The minimum atomic E-state index is 0.665. The summed E-state index contributed by atoms with van der Waals surface area (Å²) < 4.78 is 1.02. The van der Waals surface area contributed by atoms with Gasteiger partial charge < -0.3 is 5.32 Å². The van der Waals surface area contributed by atoms with Crippen LogP contribution in [0.15, 0.2) is 46.5 Å². The molecule has 0 bridgehead atoms. The van der Waals surface area contributed by atoms with E-state index in [1.807, 2.05) is 29.2 Å². The number of nitrogens with one attached hydrogen (secondary N) is 1. The number of rotatable bonds is 2. The summed E-state index contributed by atoms with van der Waals surface area (Å²) in [6.45, 7) is 4.49. The second-order valence-corrected chi connectivity index (χ2v) is 5.90. The second-order valence-electron chi connectivity index (χ2n) is 3.53. The van der Waals surface area contributed by atoms with Crippen molar-refractivity contribution in [1.29, 1.82) is 0 Å². The van der Waals surface area contributed by atoms with Crippen LogP contribution < -0.4 is 5.32 Å². The first kappa shape index (κ1) is 13.6. The number of aliphatic imine (C=N–C) groups is 1. The predicted octanol–water partition coefficient (Wildman–Crippen LogP) is 3.69. The van der Waals surface area contributed by atoms with E-state index in [-0.39, 0.29) is 0 Å². The van der Waals surface area contributed by atoms with E-state index in [2.05, 4.69) is 32.8 Å². The van der Waals surface area contributed by atoms with Gasteiger partial charge in [0, 0.05) is 28.7 Å². The lowest BCUT2D eigenvalue weighted by atomic mass is 10.3. The summed E-state index contributed by atoms with van der Waals surface area (Å²) in [7, 11) is 0. The van der Waals surface area contributed by atoms with E-state index in [1.165, 1.54) is 0 Å². The van der Waals surface area contributed by atoms with Crippen LogP contribution in [-0.2, 0) is 0 Å². The molecule has 1 N–H and O–H groups in total. The Morgan fingerprint density at radius 3 is 3.17 bits per heavy atom. The highest BCUT2D eigenvalue weighted by atomic mass is 79.9. The lowest BCUT2D eigenvalue weighted by molar-refractivity contribution is 0.687. The smallest absolute Gasteiger partial charge is 0.179 e. The summed E-state index contributed by atoms with van der Waals surface area (Å²) in [5.74, 6) is 0.993. The molecule has 1 aromatic rings. The molecule has 1 aliphatic rings. The summed E-state index contributed by atoms with van der Waals surface area (Å²) in [6.07, 6.45) is 1.54. The summed E-state index contributed by atoms with van der Waals surface area (Å²) in [5.41, 5.74) is 0.962. The SMILES string of the molecule is C=CN=C1SCCN1C(=S)Nc1cccc(Br)c1. The van der Waals surface area contributed by atoms with E-state index in [9.17, 15) is 0 Å². The van der Waals surface area contributed by atoms with Crippen LogP contribution in [0.25, 0.3) is 0 Å². The van der Waals surface area contributed by atoms with Gasteiger partial charge in [-0.15, -0.1) is 0 Å². The van der Waals surface area contributed by atoms with E-state index in [4.69, 9.17) is 12.2 Å². The number of anilines is 1. The minimum Gasteiger partial charge on any atom is -0.332 e. The molecular weight excluding hydrogens is 330 g/mol. The van der Waals surface area contributed by atoms with Gasteiger partial charge in [-0.1, -0.05) is 40.3 Å². The number of nitrogens with zero attached hydrogens (tertiary/aromatic N) is 2. The van der Waals surface area contributed by atoms with Crippen molar-refractivity contribution in [2.75, 3.05) is 17.6 Å². The van der Waals surface area contributed by atoms with E-state index in [0.29, 0.717) is 5.11 Å². The number of hydrogen-bond acceptors (Lipinski definition) is 3. The molecule has 0 amide bonds. The Kier molecular flexibility index (Phi) is 4.79. The van der Waals surface area contributed by atoms with Crippen LogP contribution in [0.1, 0.15) is 0 Å². The molecule has 0 atom stereocenters. The Morgan fingerprint density at radius 1 is 1.61 bits per heavy atom. The lowest BCUT2D eigenvalue weighted by Crippen LogP contribution is -2.35. The average molecular weight is 342 g/mol. The fraction of sp³-hybridized carbons (Fsp3) is 0.167. The first-order valence-electron chi connectivity index (χ1n) is 5.36. The molecule has 0 aliphatic carbocycles. The molecule has 3 nitrogen and oxygen atoms in total. The van der Waals surface area contributed by atoms with Gasteiger partial charge in [0.1, 0.15) is 0 Å². The molecule has 0 saturated carbocycles. The van der Waals surface area contributed by atoms with E-state index >= 15 is 0 Å².